The normalized spacial score (nSPS) is 12.4. The molecule has 0 saturated carbocycles. The number of nitrogens with one attached hydrogen (secondary N) is 1. The van der Waals surface area contributed by atoms with Crippen molar-refractivity contribution in [2.24, 2.45) is 0 Å². The lowest BCUT2D eigenvalue weighted by atomic mass is 10.0. The molecule has 0 aliphatic rings. The van der Waals surface area contributed by atoms with Gasteiger partial charge in [0.25, 0.3) is 0 Å². The average molecular weight is 369 g/mol. The van der Waals surface area contributed by atoms with Crippen LogP contribution in [0.2, 0.25) is 0 Å². The third-order valence-corrected chi connectivity index (χ3v) is 4.93. The molecule has 1 heterocycles. The number of hydrogen-bond acceptors (Lipinski definition) is 4. The molecule has 5 heteroatoms. The molecule has 1 aromatic carbocycles. The minimum atomic E-state index is 0.375. The van der Waals surface area contributed by atoms with E-state index in [4.69, 9.17) is 4.74 Å². The number of benzene rings is 1. The highest BCUT2D eigenvalue weighted by atomic mass is 79.9. The minimum absolute atomic E-state index is 0.375. The van der Waals surface area contributed by atoms with Gasteiger partial charge in [0, 0.05) is 22.3 Å². The lowest BCUT2D eigenvalue weighted by Gasteiger charge is -2.18. The Morgan fingerprint density at radius 2 is 2.19 bits per heavy atom. The van der Waals surface area contributed by atoms with Crippen LogP contribution in [-0.4, -0.2) is 24.7 Å². The molecular weight excluding hydrogens is 348 g/mol. The highest BCUT2D eigenvalue weighted by molar-refractivity contribution is 9.10. The van der Waals surface area contributed by atoms with Crippen LogP contribution in [0.3, 0.4) is 0 Å². The highest BCUT2D eigenvalue weighted by Gasteiger charge is 2.14. The molecule has 1 atom stereocenters. The summed E-state index contributed by atoms with van der Waals surface area (Å²) in [4.78, 5) is 4.57. The number of hydrogen-bond donors (Lipinski definition) is 1. The molecule has 114 valence electrons. The van der Waals surface area contributed by atoms with Gasteiger partial charge >= 0.3 is 0 Å². The van der Waals surface area contributed by atoms with Crippen molar-refractivity contribution < 1.29 is 4.74 Å². The predicted octanol–water partition coefficient (Wildman–Crippen LogP) is 3.99. The second kappa shape index (κ2) is 7.92. The van der Waals surface area contributed by atoms with E-state index in [1.165, 1.54) is 11.3 Å². The van der Waals surface area contributed by atoms with Gasteiger partial charge in [-0.2, -0.15) is 0 Å². The maximum absolute atomic E-state index is 5.32. The average Bonchev–Trinajstić information content (AvgIpc) is 2.87. The lowest BCUT2D eigenvalue weighted by Crippen LogP contribution is -2.33. The first kappa shape index (κ1) is 16.5. The summed E-state index contributed by atoms with van der Waals surface area (Å²) in [6, 6.07) is 6.49. The van der Waals surface area contributed by atoms with E-state index >= 15 is 0 Å². The first-order valence-corrected chi connectivity index (χ1v) is 8.76. The molecule has 0 aliphatic carbocycles. The maximum atomic E-state index is 5.32. The van der Waals surface area contributed by atoms with Gasteiger partial charge in [-0.05, 0) is 43.7 Å². The van der Waals surface area contributed by atoms with E-state index in [0.717, 1.165) is 34.6 Å². The Morgan fingerprint density at radius 1 is 1.38 bits per heavy atom. The number of likely N-dealkylation sites (N-methyl/N-ethyl adjacent to an activating group) is 1. The van der Waals surface area contributed by atoms with Crippen LogP contribution in [-0.2, 0) is 12.8 Å². The van der Waals surface area contributed by atoms with Crippen molar-refractivity contribution in [1.29, 1.82) is 0 Å². The summed E-state index contributed by atoms with van der Waals surface area (Å²) in [5.74, 6) is 0.896. The van der Waals surface area contributed by atoms with E-state index in [0.29, 0.717) is 6.04 Å². The number of aryl methyl sites for hydroxylation is 1. The molecule has 0 fully saturated rings. The molecule has 2 rings (SSSR count). The molecule has 0 radical (unpaired) electrons. The van der Waals surface area contributed by atoms with Crippen LogP contribution in [0.5, 0.6) is 5.75 Å². The van der Waals surface area contributed by atoms with Crippen molar-refractivity contribution in [2.45, 2.75) is 32.7 Å². The van der Waals surface area contributed by atoms with Crippen molar-refractivity contribution in [3.8, 4) is 5.75 Å². The summed E-state index contributed by atoms with van der Waals surface area (Å²) < 4.78 is 6.45. The molecule has 0 amide bonds. The first-order valence-electron chi connectivity index (χ1n) is 7.09. The molecule has 3 nitrogen and oxygen atoms in total. The lowest BCUT2D eigenvalue weighted by molar-refractivity contribution is 0.413. The standard InChI is InChI=1S/C16H21BrN2OS/c1-4-18-13(9-14-10-21-11(2)19-14)7-12-8-15(20-3)5-6-16(12)17/h5-6,8,10,13,18H,4,7,9H2,1-3H3. The Bertz CT molecular complexity index is 585. The van der Waals surface area contributed by atoms with E-state index in [2.05, 4.69) is 51.5 Å². The van der Waals surface area contributed by atoms with Gasteiger partial charge in [0.05, 0.1) is 17.8 Å². The van der Waals surface area contributed by atoms with Gasteiger partial charge in [-0.15, -0.1) is 11.3 Å². The Hall–Kier alpha value is -0.910. The quantitative estimate of drug-likeness (QED) is 0.802. The number of nitrogens with zero attached hydrogens (tertiary/aromatic N) is 1. The molecule has 0 saturated heterocycles. The summed E-state index contributed by atoms with van der Waals surface area (Å²) in [6.07, 6.45) is 1.89. The fourth-order valence-electron chi connectivity index (χ4n) is 2.36. The zero-order valence-electron chi connectivity index (χ0n) is 12.6. The van der Waals surface area contributed by atoms with E-state index < -0.39 is 0 Å². The van der Waals surface area contributed by atoms with Gasteiger partial charge in [0.15, 0.2) is 0 Å². The number of rotatable bonds is 7. The number of halogens is 1. The van der Waals surface area contributed by atoms with E-state index in [1.807, 2.05) is 12.1 Å². The largest absolute Gasteiger partial charge is 0.497 e. The van der Waals surface area contributed by atoms with Gasteiger partial charge in [0.2, 0.25) is 0 Å². The zero-order valence-corrected chi connectivity index (χ0v) is 15.1. The van der Waals surface area contributed by atoms with E-state index in [-0.39, 0.29) is 0 Å². The van der Waals surface area contributed by atoms with E-state index in [9.17, 15) is 0 Å². The summed E-state index contributed by atoms with van der Waals surface area (Å²) in [5.41, 5.74) is 2.43. The summed E-state index contributed by atoms with van der Waals surface area (Å²) in [5, 5.41) is 6.84. The molecule has 0 spiro atoms. The molecule has 1 N–H and O–H groups in total. The number of aromatic nitrogens is 1. The van der Waals surface area contributed by atoms with Crippen LogP contribution in [0, 0.1) is 6.92 Å². The summed E-state index contributed by atoms with van der Waals surface area (Å²) in [6.45, 7) is 5.14. The van der Waals surface area contributed by atoms with Gasteiger partial charge in [0.1, 0.15) is 5.75 Å². The molecule has 1 aromatic heterocycles. The van der Waals surface area contributed by atoms with Crippen molar-refractivity contribution in [2.75, 3.05) is 13.7 Å². The first-order chi connectivity index (χ1) is 10.1. The van der Waals surface area contributed by atoms with Gasteiger partial charge in [-0.1, -0.05) is 22.9 Å². The van der Waals surface area contributed by atoms with Crippen LogP contribution < -0.4 is 10.1 Å². The predicted molar refractivity (Wildman–Crippen MR) is 92.4 cm³/mol. The van der Waals surface area contributed by atoms with Crippen molar-refractivity contribution in [3.63, 3.8) is 0 Å². The molecule has 2 aromatic rings. The maximum Gasteiger partial charge on any atom is 0.119 e. The van der Waals surface area contributed by atoms with Gasteiger partial charge < -0.3 is 10.1 Å². The third kappa shape index (κ3) is 4.80. The van der Waals surface area contributed by atoms with Crippen LogP contribution in [0.15, 0.2) is 28.1 Å². The Morgan fingerprint density at radius 3 is 2.81 bits per heavy atom. The Balaban J connectivity index is 2.11. The van der Waals surface area contributed by atoms with Crippen LogP contribution >= 0.6 is 27.3 Å². The molecular formula is C16H21BrN2OS. The molecule has 0 bridgehead atoms. The third-order valence-electron chi connectivity index (χ3n) is 3.33. The van der Waals surface area contributed by atoms with Crippen molar-refractivity contribution >= 4 is 27.3 Å². The molecule has 0 aliphatic heterocycles. The second-order valence-electron chi connectivity index (χ2n) is 4.98. The Kier molecular flexibility index (Phi) is 6.21. The van der Waals surface area contributed by atoms with Crippen molar-refractivity contribution in [1.82, 2.24) is 10.3 Å². The SMILES string of the molecule is CCNC(Cc1csc(C)n1)Cc1cc(OC)ccc1Br. The monoisotopic (exact) mass is 368 g/mol. The smallest absolute Gasteiger partial charge is 0.119 e. The van der Waals surface area contributed by atoms with Crippen LogP contribution in [0.4, 0.5) is 0 Å². The topological polar surface area (TPSA) is 34.2 Å². The number of ether oxygens (including phenoxy) is 1. The van der Waals surface area contributed by atoms with Crippen molar-refractivity contribution in [3.05, 3.63) is 44.3 Å². The van der Waals surface area contributed by atoms with Gasteiger partial charge in [-0.3, -0.25) is 0 Å². The summed E-state index contributed by atoms with van der Waals surface area (Å²) in [7, 11) is 1.70. The minimum Gasteiger partial charge on any atom is -0.497 e. The van der Waals surface area contributed by atoms with Crippen LogP contribution in [0.25, 0.3) is 0 Å². The number of methoxy groups -OCH3 is 1. The number of thiazole rings is 1. The molecule has 21 heavy (non-hydrogen) atoms. The molecule has 1 unspecified atom stereocenters. The Labute approximate surface area is 138 Å². The fraction of sp³-hybridized carbons (Fsp3) is 0.438. The fourth-order valence-corrected chi connectivity index (χ4v) is 3.39. The second-order valence-corrected chi connectivity index (χ2v) is 6.89. The summed E-state index contributed by atoms with van der Waals surface area (Å²) >= 11 is 5.34. The van der Waals surface area contributed by atoms with E-state index in [1.54, 1.807) is 18.4 Å². The van der Waals surface area contributed by atoms with Gasteiger partial charge in [-0.25, -0.2) is 4.98 Å². The zero-order chi connectivity index (χ0) is 15.2. The van der Waals surface area contributed by atoms with Crippen LogP contribution in [0.1, 0.15) is 23.2 Å². The highest BCUT2D eigenvalue weighted by Crippen LogP contribution is 2.24.